The summed E-state index contributed by atoms with van der Waals surface area (Å²) in [5.41, 5.74) is 2.58. The number of hydrogen-bond acceptors (Lipinski definition) is 3. The van der Waals surface area contributed by atoms with E-state index in [1.54, 1.807) is 45.0 Å². The first-order chi connectivity index (χ1) is 10.4. The molecule has 2 rings (SSSR count). The topological polar surface area (TPSA) is 63.2 Å². The van der Waals surface area contributed by atoms with E-state index in [2.05, 4.69) is 5.32 Å². The first-order valence-electron chi connectivity index (χ1n) is 7.23. The van der Waals surface area contributed by atoms with Crippen molar-refractivity contribution in [2.24, 2.45) is 0 Å². The molecule has 1 N–H and O–H groups in total. The SMILES string of the molecule is CC1=C(C)C(=O)C(CCNC(=O)c2ccccc2)=C(C)C1=O. The van der Waals surface area contributed by atoms with Crippen LogP contribution in [-0.2, 0) is 9.59 Å². The first kappa shape index (κ1) is 15.9. The Labute approximate surface area is 129 Å². The summed E-state index contributed by atoms with van der Waals surface area (Å²) in [6, 6.07) is 8.88. The van der Waals surface area contributed by atoms with Crippen molar-refractivity contribution in [3.8, 4) is 0 Å². The second-order valence-electron chi connectivity index (χ2n) is 5.38. The van der Waals surface area contributed by atoms with Gasteiger partial charge in [-0.25, -0.2) is 0 Å². The number of carbonyl (C=O) groups excluding carboxylic acids is 3. The molecule has 0 atom stereocenters. The lowest BCUT2D eigenvalue weighted by molar-refractivity contribution is -0.116. The van der Waals surface area contributed by atoms with E-state index in [1.165, 1.54) is 0 Å². The molecule has 0 heterocycles. The zero-order valence-electron chi connectivity index (χ0n) is 13.0. The van der Waals surface area contributed by atoms with Crippen molar-refractivity contribution >= 4 is 17.5 Å². The van der Waals surface area contributed by atoms with E-state index < -0.39 is 0 Å². The van der Waals surface area contributed by atoms with Crippen LogP contribution < -0.4 is 5.32 Å². The highest BCUT2D eigenvalue weighted by Gasteiger charge is 2.27. The molecule has 0 fully saturated rings. The van der Waals surface area contributed by atoms with Gasteiger partial charge in [0.25, 0.3) is 5.91 Å². The highest BCUT2D eigenvalue weighted by Crippen LogP contribution is 2.25. The summed E-state index contributed by atoms with van der Waals surface area (Å²) in [6.07, 6.45) is 0.361. The van der Waals surface area contributed by atoms with Gasteiger partial charge in [-0.2, -0.15) is 0 Å². The summed E-state index contributed by atoms with van der Waals surface area (Å²) in [4.78, 5) is 36.3. The molecular weight excluding hydrogens is 278 g/mol. The third-order valence-electron chi connectivity index (χ3n) is 4.01. The molecule has 4 nitrogen and oxygen atoms in total. The maximum Gasteiger partial charge on any atom is 0.251 e. The van der Waals surface area contributed by atoms with Gasteiger partial charge in [-0.1, -0.05) is 18.2 Å². The number of ketones is 2. The normalized spacial score (nSPS) is 15.4. The number of hydrogen-bond donors (Lipinski definition) is 1. The molecule has 0 bridgehead atoms. The van der Waals surface area contributed by atoms with Gasteiger partial charge in [0.15, 0.2) is 11.6 Å². The summed E-state index contributed by atoms with van der Waals surface area (Å²) in [6.45, 7) is 5.34. The van der Waals surface area contributed by atoms with Crippen LogP contribution >= 0.6 is 0 Å². The van der Waals surface area contributed by atoms with E-state index in [4.69, 9.17) is 0 Å². The van der Waals surface area contributed by atoms with E-state index in [0.29, 0.717) is 40.8 Å². The molecule has 1 amide bonds. The van der Waals surface area contributed by atoms with Crippen LogP contribution in [0.4, 0.5) is 0 Å². The monoisotopic (exact) mass is 297 g/mol. The summed E-state index contributed by atoms with van der Waals surface area (Å²) >= 11 is 0. The van der Waals surface area contributed by atoms with Crippen LogP contribution in [0, 0.1) is 0 Å². The Morgan fingerprint density at radius 2 is 1.50 bits per heavy atom. The van der Waals surface area contributed by atoms with Crippen molar-refractivity contribution < 1.29 is 14.4 Å². The fourth-order valence-electron chi connectivity index (χ4n) is 2.45. The van der Waals surface area contributed by atoms with E-state index in [1.807, 2.05) is 6.07 Å². The Hall–Kier alpha value is -2.49. The Morgan fingerprint density at radius 1 is 0.909 bits per heavy atom. The molecule has 1 aliphatic rings. The van der Waals surface area contributed by atoms with Crippen LogP contribution in [0.2, 0.25) is 0 Å². The van der Waals surface area contributed by atoms with Gasteiger partial charge in [-0.3, -0.25) is 14.4 Å². The largest absolute Gasteiger partial charge is 0.352 e. The number of rotatable bonds is 4. The van der Waals surface area contributed by atoms with Crippen molar-refractivity contribution in [1.29, 1.82) is 0 Å². The molecular formula is C18H19NO3. The highest BCUT2D eigenvalue weighted by atomic mass is 16.2. The van der Waals surface area contributed by atoms with Gasteiger partial charge in [-0.15, -0.1) is 0 Å². The van der Waals surface area contributed by atoms with E-state index in [0.717, 1.165) is 0 Å². The van der Waals surface area contributed by atoms with E-state index >= 15 is 0 Å². The lowest BCUT2D eigenvalue weighted by Crippen LogP contribution is -2.27. The Morgan fingerprint density at radius 3 is 2.14 bits per heavy atom. The van der Waals surface area contributed by atoms with Crippen LogP contribution in [0.1, 0.15) is 37.6 Å². The number of benzene rings is 1. The number of allylic oxidation sites excluding steroid dienone is 3. The highest BCUT2D eigenvalue weighted by molar-refractivity contribution is 6.24. The van der Waals surface area contributed by atoms with Crippen molar-refractivity contribution in [3.63, 3.8) is 0 Å². The van der Waals surface area contributed by atoms with Gasteiger partial charge in [-0.05, 0) is 39.3 Å². The molecule has 0 saturated heterocycles. The molecule has 0 aromatic heterocycles. The maximum absolute atomic E-state index is 12.3. The number of Topliss-reactive ketones (excluding diaryl/α,β-unsaturated/α-hetero) is 2. The van der Waals surface area contributed by atoms with Crippen molar-refractivity contribution in [1.82, 2.24) is 5.32 Å². The fourth-order valence-corrected chi connectivity index (χ4v) is 2.45. The van der Waals surface area contributed by atoms with Crippen LogP contribution in [0.3, 0.4) is 0 Å². The second-order valence-corrected chi connectivity index (χ2v) is 5.38. The average molecular weight is 297 g/mol. The Bertz CT molecular complexity index is 696. The quantitative estimate of drug-likeness (QED) is 0.869. The van der Waals surface area contributed by atoms with Gasteiger partial charge in [0.2, 0.25) is 0 Å². The molecule has 0 radical (unpaired) electrons. The van der Waals surface area contributed by atoms with Crippen molar-refractivity contribution in [2.75, 3.05) is 6.54 Å². The smallest absolute Gasteiger partial charge is 0.251 e. The first-order valence-corrected chi connectivity index (χ1v) is 7.23. The Kier molecular flexibility index (Phi) is 4.71. The van der Waals surface area contributed by atoms with Crippen LogP contribution in [0.25, 0.3) is 0 Å². The maximum atomic E-state index is 12.3. The zero-order valence-corrected chi connectivity index (χ0v) is 13.0. The minimum absolute atomic E-state index is 0.0820. The van der Waals surface area contributed by atoms with E-state index in [-0.39, 0.29) is 17.5 Å². The molecule has 0 spiro atoms. The molecule has 0 saturated carbocycles. The second kappa shape index (κ2) is 6.52. The number of carbonyl (C=O) groups is 3. The van der Waals surface area contributed by atoms with Crippen LogP contribution in [0.5, 0.6) is 0 Å². The predicted molar refractivity (Wildman–Crippen MR) is 84.5 cm³/mol. The van der Waals surface area contributed by atoms with Gasteiger partial charge in [0, 0.05) is 34.4 Å². The zero-order chi connectivity index (χ0) is 16.3. The van der Waals surface area contributed by atoms with Gasteiger partial charge >= 0.3 is 0 Å². The minimum Gasteiger partial charge on any atom is -0.352 e. The van der Waals surface area contributed by atoms with Crippen molar-refractivity contribution in [2.45, 2.75) is 27.2 Å². The summed E-state index contributed by atoms with van der Waals surface area (Å²) < 4.78 is 0. The van der Waals surface area contributed by atoms with Crippen LogP contribution in [0.15, 0.2) is 52.6 Å². The van der Waals surface area contributed by atoms with Gasteiger partial charge < -0.3 is 5.32 Å². The lowest BCUT2D eigenvalue weighted by atomic mass is 9.84. The molecule has 1 aliphatic carbocycles. The molecule has 4 heteroatoms. The molecule has 114 valence electrons. The fraction of sp³-hybridized carbons (Fsp3) is 0.278. The molecule has 1 aromatic carbocycles. The van der Waals surface area contributed by atoms with E-state index in [9.17, 15) is 14.4 Å². The summed E-state index contributed by atoms with van der Waals surface area (Å²) in [5, 5.41) is 2.78. The average Bonchev–Trinajstić information content (AvgIpc) is 2.55. The summed E-state index contributed by atoms with van der Waals surface area (Å²) in [5.74, 6) is -0.359. The minimum atomic E-state index is -0.183. The standard InChI is InChI=1S/C18H19NO3/c1-11-12(2)17(21)15(13(3)16(11)20)9-10-19-18(22)14-7-5-4-6-8-14/h4-8H,9-10H2,1-3H3,(H,19,22). The van der Waals surface area contributed by atoms with Crippen molar-refractivity contribution in [3.05, 3.63) is 58.2 Å². The number of amides is 1. The third-order valence-corrected chi connectivity index (χ3v) is 4.01. The third kappa shape index (κ3) is 3.06. The van der Waals surface area contributed by atoms with Gasteiger partial charge in [0.1, 0.15) is 0 Å². The van der Waals surface area contributed by atoms with Gasteiger partial charge in [0.05, 0.1) is 0 Å². The molecule has 1 aromatic rings. The molecule has 0 aliphatic heterocycles. The number of nitrogens with one attached hydrogen (secondary N) is 1. The Balaban J connectivity index is 2.02. The summed E-state index contributed by atoms with van der Waals surface area (Å²) in [7, 11) is 0. The molecule has 0 unspecified atom stereocenters. The molecule has 22 heavy (non-hydrogen) atoms. The van der Waals surface area contributed by atoms with Crippen LogP contribution in [-0.4, -0.2) is 24.0 Å². The lowest BCUT2D eigenvalue weighted by Gasteiger charge is -2.18. The predicted octanol–water partition coefficient (Wildman–Crippen LogP) is 2.61.